The fourth-order valence-corrected chi connectivity index (χ4v) is 3.84. The normalized spacial score (nSPS) is 18.1. The molecule has 4 nitrogen and oxygen atoms in total. The summed E-state index contributed by atoms with van der Waals surface area (Å²) in [5.41, 5.74) is 0.217. The SMILES string of the molecule is CCC1C=C(C(F)(F)F)C=CC1Oc1ccc(CCNc2ncnc3c(F)ccc(F)c23)cc1. The van der Waals surface area contributed by atoms with Crippen LogP contribution in [0.1, 0.15) is 18.9 Å². The molecule has 0 spiro atoms. The summed E-state index contributed by atoms with van der Waals surface area (Å²) in [6, 6.07) is 9.27. The molecule has 3 aromatic rings. The molecule has 1 aliphatic rings. The zero-order valence-electron chi connectivity index (χ0n) is 18.2. The van der Waals surface area contributed by atoms with E-state index in [-0.39, 0.29) is 22.6 Å². The minimum atomic E-state index is -4.37. The van der Waals surface area contributed by atoms with Gasteiger partial charge in [0.05, 0.1) is 11.0 Å². The molecule has 4 rings (SSSR count). The highest BCUT2D eigenvalue weighted by Gasteiger charge is 2.35. The zero-order valence-corrected chi connectivity index (χ0v) is 18.2. The second kappa shape index (κ2) is 9.79. The van der Waals surface area contributed by atoms with Crippen LogP contribution in [0.5, 0.6) is 5.75 Å². The van der Waals surface area contributed by atoms with Crippen LogP contribution in [0.4, 0.5) is 27.8 Å². The first-order valence-corrected chi connectivity index (χ1v) is 10.8. The summed E-state index contributed by atoms with van der Waals surface area (Å²) >= 11 is 0. The van der Waals surface area contributed by atoms with Crippen LogP contribution in [0.2, 0.25) is 0 Å². The van der Waals surface area contributed by atoms with Crippen molar-refractivity contribution in [3.63, 3.8) is 0 Å². The number of allylic oxidation sites excluding steroid dienone is 2. The molecule has 0 aliphatic heterocycles. The van der Waals surface area contributed by atoms with Crippen LogP contribution in [-0.2, 0) is 6.42 Å². The van der Waals surface area contributed by atoms with Crippen molar-refractivity contribution in [2.45, 2.75) is 32.0 Å². The average molecular weight is 475 g/mol. The van der Waals surface area contributed by atoms with E-state index in [0.29, 0.717) is 25.1 Å². The number of rotatable bonds is 7. The molecule has 2 aromatic carbocycles. The minimum absolute atomic E-state index is 0.00000641. The molecule has 0 fully saturated rings. The standard InChI is InChI=1S/C25H22F5N3O/c1-2-16-13-17(25(28,29)30)5-10-21(16)34-18-6-3-15(4-7-18)11-12-31-24-22-19(26)8-9-20(27)23(22)32-14-33-24/h3-10,13-14,16,21H,2,11-12H2,1H3,(H,31,32,33). The van der Waals surface area contributed by atoms with Crippen LogP contribution in [0.15, 0.2) is 66.5 Å². The molecule has 0 bridgehead atoms. The lowest BCUT2D eigenvalue weighted by molar-refractivity contribution is -0.0893. The highest BCUT2D eigenvalue weighted by atomic mass is 19.4. The van der Waals surface area contributed by atoms with Crippen molar-refractivity contribution in [2.75, 3.05) is 11.9 Å². The fraction of sp³-hybridized carbons (Fsp3) is 0.280. The number of anilines is 1. The van der Waals surface area contributed by atoms with Crippen LogP contribution in [-0.4, -0.2) is 28.8 Å². The van der Waals surface area contributed by atoms with Gasteiger partial charge in [0, 0.05) is 12.5 Å². The molecule has 0 saturated carbocycles. The van der Waals surface area contributed by atoms with E-state index in [0.717, 1.165) is 23.8 Å². The first-order chi connectivity index (χ1) is 16.3. The Kier molecular flexibility index (Phi) is 6.81. The molecule has 2 atom stereocenters. The molecule has 9 heteroatoms. The van der Waals surface area contributed by atoms with Crippen LogP contribution >= 0.6 is 0 Å². The number of alkyl halides is 3. The number of aromatic nitrogens is 2. The average Bonchev–Trinajstić information content (AvgIpc) is 2.82. The molecule has 1 aromatic heterocycles. The van der Waals surface area contributed by atoms with Gasteiger partial charge in [-0.2, -0.15) is 13.2 Å². The summed E-state index contributed by atoms with van der Waals surface area (Å²) in [6.45, 7) is 2.23. The second-order valence-corrected chi connectivity index (χ2v) is 7.93. The van der Waals surface area contributed by atoms with Gasteiger partial charge in [-0.25, -0.2) is 18.7 Å². The van der Waals surface area contributed by atoms with Crippen LogP contribution in [0.25, 0.3) is 10.9 Å². The Morgan fingerprint density at radius 1 is 1.00 bits per heavy atom. The summed E-state index contributed by atoms with van der Waals surface area (Å²) < 4.78 is 72.9. The predicted octanol–water partition coefficient (Wildman–Crippen LogP) is 6.39. The van der Waals surface area contributed by atoms with Crippen molar-refractivity contribution < 1.29 is 26.7 Å². The van der Waals surface area contributed by atoms with E-state index in [9.17, 15) is 22.0 Å². The number of ether oxygens (including phenoxy) is 1. The number of fused-ring (bicyclic) bond motifs is 1. The van der Waals surface area contributed by atoms with E-state index in [1.165, 1.54) is 18.5 Å². The van der Waals surface area contributed by atoms with E-state index in [1.807, 2.05) is 19.1 Å². The van der Waals surface area contributed by atoms with Crippen LogP contribution < -0.4 is 10.1 Å². The molecule has 1 N–H and O–H groups in total. The molecule has 178 valence electrons. The van der Waals surface area contributed by atoms with Crippen molar-refractivity contribution in [1.82, 2.24) is 9.97 Å². The first-order valence-electron chi connectivity index (χ1n) is 10.8. The Morgan fingerprint density at radius 2 is 1.74 bits per heavy atom. The molecular formula is C25H22F5N3O. The van der Waals surface area contributed by atoms with Crippen molar-refractivity contribution in [3.8, 4) is 5.75 Å². The van der Waals surface area contributed by atoms with E-state index >= 15 is 0 Å². The highest BCUT2D eigenvalue weighted by Crippen LogP contribution is 2.33. The lowest BCUT2D eigenvalue weighted by atomic mass is 9.91. The molecule has 0 saturated heterocycles. The number of hydrogen-bond donors (Lipinski definition) is 1. The van der Waals surface area contributed by atoms with Crippen molar-refractivity contribution in [1.29, 1.82) is 0 Å². The third-order valence-corrected chi connectivity index (χ3v) is 5.67. The zero-order chi connectivity index (χ0) is 24.3. The predicted molar refractivity (Wildman–Crippen MR) is 120 cm³/mol. The van der Waals surface area contributed by atoms with E-state index in [1.54, 1.807) is 12.1 Å². The monoisotopic (exact) mass is 475 g/mol. The third kappa shape index (κ3) is 5.18. The van der Waals surface area contributed by atoms with Gasteiger partial charge in [0.1, 0.15) is 41.1 Å². The molecule has 1 aliphatic carbocycles. The number of nitrogens with zero attached hydrogens (tertiary/aromatic N) is 2. The van der Waals surface area contributed by atoms with Gasteiger partial charge in [0.15, 0.2) is 0 Å². The number of halogens is 5. The fourth-order valence-electron chi connectivity index (χ4n) is 3.84. The lowest BCUT2D eigenvalue weighted by Gasteiger charge is -2.27. The van der Waals surface area contributed by atoms with Crippen molar-refractivity contribution >= 4 is 16.7 Å². The Hall–Kier alpha value is -3.49. The van der Waals surface area contributed by atoms with Crippen molar-refractivity contribution in [3.05, 3.63) is 83.7 Å². The van der Waals surface area contributed by atoms with Gasteiger partial charge in [0.2, 0.25) is 0 Å². The summed E-state index contributed by atoms with van der Waals surface area (Å²) in [5, 5.41) is 3.02. The maximum Gasteiger partial charge on any atom is 0.416 e. The van der Waals surface area contributed by atoms with Gasteiger partial charge in [0.25, 0.3) is 0 Å². The summed E-state index contributed by atoms with van der Waals surface area (Å²) in [6.07, 6.45) is 1.13. The molecule has 34 heavy (non-hydrogen) atoms. The minimum Gasteiger partial charge on any atom is -0.486 e. The lowest BCUT2D eigenvalue weighted by Crippen LogP contribution is -2.28. The maximum absolute atomic E-state index is 14.2. The van der Waals surface area contributed by atoms with Crippen LogP contribution in [0, 0.1) is 17.6 Å². The summed E-state index contributed by atoms with van der Waals surface area (Å²) in [5.74, 6) is -0.851. The Bertz CT molecular complexity index is 1220. The van der Waals surface area contributed by atoms with E-state index in [4.69, 9.17) is 4.74 Å². The summed E-state index contributed by atoms with van der Waals surface area (Å²) in [4.78, 5) is 7.83. The number of hydrogen-bond acceptors (Lipinski definition) is 4. The molecule has 0 radical (unpaired) electrons. The Balaban J connectivity index is 1.36. The van der Waals surface area contributed by atoms with Gasteiger partial charge in [-0.15, -0.1) is 0 Å². The molecule has 1 heterocycles. The second-order valence-electron chi connectivity index (χ2n) is 7.93. The summed E-state index contributed by atoms with van der Waals surface area (Å²) in [7, 11) is 0. The molecule has 0 amide bonds. The molecular weight excluding hydrogens is 453 g/mol. The smallest absolute Gasteiger partial charge is 0.416 e. The van der Waals surface area contributed by atoms with Gasteiger partial charge < -0.3 is 10.1 Å². The number of benzene rings is 2. The topological polar surface area (TPSA) is 47.0 Å². The third-order valence-electron chi connectivity index (χ3n) is 5.67. The van der Waals surface area contributed by atoms with E-state index in [2.05, 4.69) is 15.3 Å². The first kappa shape index (κ1) is 23.7. The maximum atomic E-state index is 14.2. The van der Waals surface area contributed by atoms with E-state index < -0.39 is 29.5 Å². The van der Waals surface area contributed by atoms with Gasteiger partial charge in [-0.3, -0.25) is 0 Å². The quantitative estimate of drug-likeness (QED) is 0.402. The van der Waals surface area contributed by atoms with Gasteiger partial charge >= 0.3 is 6.18 Å². The Morgan fingerprint density at radius 3 is 2.44 bits per heavy atom. The number of nitrogens with one attached hydrogen (secondary N) is 1. The van der Waals surface area contributed by atoms with Crippen molar-refractivity contribution in [2.24, 2.45) is 5.92 Å². The highest BCUT2D eigenvalue weighted by molar-refractivity contribution is 5.89. The van der Waals surface area contributed by atoms with Gasteiger partial charge in [-0.1, -0.05) is 31.2 Å². The van der Waals surface area contributed by atoms with Crippen LogP contribution in [0.3, 0.4) is 0 Å². The largest absolute Gasteiger partial charge is 0.486 e. The molecule has 2 unspecified atom stereocenters. The van der Waals surface area contributed by atoms with Gasteiger partial charge in [-0.05, 0) is 48.7 Å². The Labute approximate surface area is 193 Å².